The minimum Gasteiger partial charge on any atom is -0.478 e. The summed E-state index contributed by atoms with van der Waals surface area (Å²) in [6, 6.07) is 1.66. The minimum atomic E-state index is -1.09. The predicted molar refractivity (Wildman–Crippen MR) is 63.6 cm³/mol. The maximum atomic E-state index is 11.8. The van der Waals surface area contributed by atoms with Crippen LogP contribution in [0.4, 0.5) is 5.69 Å². The van der Waals surface area contributed by atoms with Gasteiger partial charge >= 0.3 is 5.97 Å². The van der Waals surface area contributed by atoms with Gasteiger partial charge < -0.3 is 10.4 Å². The van der Waals surface area contributed by atoms with Crippen molar-refractivity contribution < 1.29 is 14.7 Å². The molecule has 1 aromatic heterocycles. The SMILES string of the molecule is CC(C(=O)O)=C(C)C(=O)Nc1ccncc1C. The molecule has 0 spiro atoms. The highest BCUT2D eigenvalue weighted by Gasteiger charge is 2.13. The molecule has 0 radical (unpaired) electrons. The molecular weight excluding hydrogens is 220 g/mol. The van der Waals surface area contributed by atoms with Crippen molar-refractivity contribution in [2.45, 2.75) is 20.8 Å². The number of carboxylic acid groups (broad SMARTS) is 1. The van der Waals surface area contributed by atoms with E-state index in [2.05, 4.69) is 10.3 Å². The molecule has 0 saturated carbocycles. The van der Waals surface area contributed by atoms with Gasteiger partial charge in [-0.3, -0.25) is 9.78 Å². The molecule has 1 aromatic rings. The summed E-state index contributed by atoms with van der Waals surface area (Å²) in [6.07, 6.45) is 3.18. The van der Waals surface area contributed by atoms with Crippen LogP contribution in [0.5, 0.6) is 0 Å². The van der Waals surface area contributed by atoms with Gasteiger partial charge in [-0.05, 0) is 32.4 Å². The first kappa shape index (κ1) is 12.9. The Morgan fingerprint density at radius 1 is 1.29 bits per heavy atom. The summed E-state index contributed by atoms with van der Waals surface area (Å²) >= 11 is 0. The first-order chi connectivity index (χ1) is 7.93. The maximum absolute atomic E-state index is 11.8. The molecule has 0 aliphatic heterocycles. The summed E-state index contributed by atoms with van der Waals surface area (Å²) in [6.45, 7) is 4.69. The molecule has 0 aliphatic carbocycles. The van der Waals surface area contributed by atoms with Gasteiger partial charge in [-0.1, -0.05) is 0 Å². The third-order valence-electron chi connectivity index (χ3n) is 2.49. The Labute approximate surface area is 99.2 Å². The van der Waals surface area contributed by atoms with Gasteiger partial charge in [0.15, 0.2) is 0 Å². The zero-order valence-electron chi connectivity index (χ0n) is 9.94. The molecule has 1 amide bonds. The molecule has 0 unspecified atom stereocenters. The number of carbonyl (C=O) groups excluding carboxylic acids is 1. The van der Waals surface area contributed by atoms with E-state index in [1.165, 1.54) is 13.8 Å². The zero-order chi connectivity index (χ0) is 13.0. The van der Waals surface area contributed by atoms with Crippen molar-refractivity contribution in [2.75, 3.05) is 5.32 Å². The lowest BCUT2D eigenvalue weighted by Gasteiger charge is -2.08. The number of aryl methyl sites for hydroxylation is 1. The number of nitrogens with zero attached hydrogens (tertiary/aromatic N) is 1. The zero-order valence-corrected chi connectivity index (χ0v) is 9.94. The molecule has 1 rings (SSSR count). The topological polar surface area (TPSA) is 79.3 Å². The second-order valence-electron chi connectivity index (χ2n) is 3.70. The minimum absolute atomic E-state index is 0.0363. The highest BCUT2D eigenvalue weighted by molar-refractivity contribution is 6.08. The second kappa shape index (κ2) is 5.25. The number of amides is 1. The first-order valence-corrected chi connectivity index (χ1v) is 5.06. The van der Waals surface area contributed by atoms with Gasteiger partial charge in [0.05, 0.1) is 0 Å². The van der Waals surface area contributed by atoms with Crippen LogP contribution in [0.25, 0.3) is 0 Å². The van der Waals surface area contributed by atoms with Crippen LogP contribution in [-0.2, 0) is 9.59 Å². The summed E-state index contributed by atoms with van der Waals surface area (Å²) in [7, 11) is 0. The van der Waals surface area contributed by atoms with Gasteiger partial charge in [-0.2, -0.15) is 0 Å². The molecule has 90 valence electrons. The molecule has 1 heterocycles. The van der Waals surface area contributed by atoms with Crippen molar-refractivity contribution in [1.29, 1.82) is 0 Å². The number of anilines is 1. The van der Waals surface area contributed by atoms with Crippen LogP contribution in [0.1, 0.15) is 19.4 Å². The summed E-state index contributed by atoms with van der Waals surface area (Å²) in [5, 5.41) is 11.4. The average molecular weight is 234 g/mol. The number of nitrogens with one attached hydrogen (secondary N) is 1. The Hall–Kier alpha value is -2.17. The van der Waals surface area contributed by atoms with E-state index < -0.39 is 11.9 Å². The standard InChI is InChI=1S/C12H14N2O3/c1-7-6-13-5-4-10(7)14-11(15)8(2)9(3)12(16)17/h4-6H,1-3H3,(H,16,17)(H,13,14,15). The molecule has 0 saturated heterocycles. The Morgan fingerprint density at radius 3 is 2.47 bits per heavy atom. The van der Waals surface area contributed by atoms with E-state index in [0.717, 1.165) is 5.56 Å². The van der Waals surface area contributed by atoms with E-state index in [9.17, 15) is 9.59 Å². The van der Waals surface area contributed by atoms with Crippen molar-refractivity contribution in [3.8, 4) is 0 Å². The van der Waals surface area contributed by atoms with E-state index in [0.29, 0.717) is 5.69 Å². The molecular formula is C12H14N2O3. The fourth-order valence-corrected chi connectivity index (χ4v) is 1.16. The molecule has 0 aromatic carbocycles. The van der Waals surface area contributed by atoms with Crippen LogP contribution in [-0.4, -0.2) is 22.0 Å². The van der Waals surface area contributed by atoms with Crippen LogP contribution in [0, 0.1) is 6.92 Å². The van der Waals surface area contributed by atoms with Crippen LogP contribution < -0.4 is 5.32 Å². The quantitative estimate of drug-likeness (QED) is 0.781. The van der Waals surface area contributed by atoms with Gasteiger partial charge in [-0.25, -0.2) is 4.79 Å². The lowest BCUT2D eigenvalue weighted by molar-refractivity contribution is -0.133. The van der Waals surface area contributed by atoms with Crippen LogP contribution >= 0.6 is 0 Å². The number of rotatable bonds is 3. The summed E-state index contributed by atoms with van der Waals surface area (Å²) in [4.78, 5) is 26.4. The third kappa shape index (κ3) is 3.14. The van der Waals surface area contributed by atoms with Crippen molar-refractivity contribution in [1.82, 2.24) is 4.98 Å². The lowest BCUT2D eigenvalue weighted by Crippen LogP contribution is -2.16. The third-order valence-corrected chi connectivity index (χ3v) is 2.49. The normalized spacial score (nSPS) is 11.7. The second-order valence-corrected chi connectivity index (χ2v) is 3.70. The fraction of sp³-hybridized carbons (Fsp3) is 0.250. The number of aliphatic carboxylic acids is 1. The first-order valence-electron chi connectivity index (χ1n) is 5.06. The summed E-state index contributed by atoms with van der Waals surface area (Å²) < 4.78 is 0. The van der Waals surface area contributed by atoms with Gasteiger partial charge in [0, 0.05) is 29.2 Å². The molecule has 0 atom stereocenters. The smallest absolute Gasteiger partial charge is 0.331 e. The predicted octanol–water partition coefficient (Wildman–Crippen LogP) is 1.75. The van der Waals surface area contributed by atoms with Gasteiger partial charge in [0.25, 0.3) is 5.91 Å². The number of pyridine rings is 1. The van der Waals surface area contributed by atoms with Crippen molar-refractivity contribution in [3.63, 3.8) is 0 Å². The maximum Gasteiger partial charge on any atom is 0.331 e. The van der Waals surface area contributed by atoms with Crippen molar-refractivity contribution in [2.24, 2.45) is 0 Å². The average Bonchev–Trinajstić information content (AvgIpc) is 2.30. The van der Waals surface area contributed by atoms with Crippen molar-refractivity contribution in [3.05, 3.63) is 35.2 Å². The fourth-order valence-electron chi connectivity index (χ4n) is 1.16. The Morgan fingerprint density at radius 2 is 1.94 bits per heavy atom. The molecule has 2 N–H and O–H groups in total. The molecule has 5 nitrogen and oxygen atoms in total. The number of hydrogen-bond donors (Lipinski definition) is 2. The highest BCUT2D eigenvalue weighted by atomic mass is 16.4. The Kier molecular flexibility index (Phi) is 3.98. The monoisotopic (exact) mass is 234 g/mol. The van der Waals surface area contributed by atoms with Gasteiger partial charge in [0.2, 0.25) is 0 Å². The van der Waals surface area contributed by atoms with E-state index in [4.69, 9.17) is 5.11 Å². The summed E-state index contributed by atoms with van der Waals surface area (Å²) in [5.74, 6) is -1.51. The van der Waals surface area contributed by atoms with E-state index in [-0.39, 0.29) is 11.1 Å². The van der Waals surface area contributed by atoms with Gasteiger partial charge in [-0.15, -0.1) is 0 Å². The number of carbonyl (C=O) groups is 2. The van der Waals surface area contributed by atoms with Gasteiger partial charge in [0.1, 0.15) is 0 Å². The van der Waals surface area contributed by atoms with Crippen LogP contribution in [0.15, 0.2) is 29.6 Å². The van der Waals surface area contributed by atoms with Crippen molar-refractivity contribution >= 4 is 17.6 Å². The van der Waals surface area contributed by atoms with Crippen LogP contribution in [0.3, 0.4) is 0 Å². The molecule has 0 fully saturated rings. The highest BCUT2D eigenvalue weighted by Crippen LogP contribution is 2.14. The van der Waals surface area contributed by atoms with E-state index in [1.54, 1.807) is 18.5 Å². The lowest BCUT2D eigenvalue weighted by atomic mass is 10.1. The van der Waals surface area contributed by atoms with E-state index in [1.807, 2.05) is 6.92 Å². The molecule has 0 aliphatic rings. The molecule has 5 heteroatoms. The Balaban J connectivity index is 2.91. The van der Waals surface area contributed by atoms with Crippen LogP contribution in [0.2, 0.25) is 0 Å². The number of carboxylic acids is 1. The summed E-state index contributed by atoms with van der Waals surface area (Å²) in [5.41, 5.74) is 1.67. The number of aromatic nitrogens is 1. The largest absolute Gasteiger partial charge is 0.478 e. The molecule has 0 bridgehead atoms. The van der Waals surface area contributed by atoms with E-state index >= 15 is 0 Å². The Bertz CT molecular complexity index is 492. The number of hydrogen-bond acceptors (Lipinski definition) is 3. The molecule has 17 heavy (non-hydrogen) atoms.